The standard InChI is InChI=1S/C15H13BrClNO/c1-9-2-3-10(13(17)6-9)7-15(19)12-5-4-11(16)8-14(12)18/h2-6,8H,7,18H2,1H3. The van der Waals surface area contributed by atoms with Gasteiger partial charge in [0, 0.05) is 27.2 Å². The third kappa shape index (κ3) is 3.37. The first kappa shape index (κ1) is 14.1. The molecule has 0 aliphatic carbocycles. The van der Waals surface area contributed by atoms with Crippen molar-refractivity contribution in [1.29, 1.82) is 0 Å². The molecule has 4 heteroatoms. The first-order valence-electron chi connectivity index (χ1n) is 5.80. The van der Waals surface area contributed by atoms with E-state index < -0.39 is 0 Å². The lowest BCUT2D eigenvalue weighted by molar-refractivity contribution is 0.0994. The van der Waals surface area contributed by atoms with Crippen molar-refractivity contribution in [3.05, 3.63) is 62.6 Å². The zero-order valence-corrected chi connectivity index (χ0v) is 12.8. The van der Waals surface area contributed by atoms with Gasteiger partial charge in [0.1, 0.15) is 0 Å². The molecule has 0 saturated carbocycles. The first-order valence-corrected chi connectivity index (χ1v) is 6.97. The van der Waals surface area contributed by atoms with Crippen LogP contribution in [0.4, 0.5) is 5.69 Å². The van der Waals surface area contributed by atoms with Crippen molar-refractivity contribution >= 4 is 39.0 Å². The van der Waals surface area contributed by atoms with Crippen LogP contribution in [0, 0.1) is 6.92 Å². The zero-order chi connectivity index (χ0) is 14.0. The quantitative estimate of drug-likeness (QED) is 0.665. The second kappa shape index (κ2) is 5.76. The molecule has 2 nitrogen and oxygen atoms in total. The molecule has 0 aliphatic heterocycles. The fourth-order valence-electron chi connectivity index (χ4n) is 1.85. The Balaban J connectivity index is 2.25. The second-order valence-corrected chi connectivity index (χ2v) is 5.75. The number of halogens is 2. The van der Waals surface area contributed by atoms with Crippen molar-refractivity contribution < 1.29 is 4.79 Å². The van der Waals surface area contributed by atoms with E-state index in [0.29, 0.717) is 16.3 Å². The number of nitrogen functional groups attached to an aromatic ring is 1. The highest BCUT2D eigenvalue weighted by molar-refractivity contribution is 9.10. The van der Waals surface area contributed by atoms with E-state index >= 15 is 0 Å². The molecule has 0 aliphatic rings. The summed E-state index contributed by atoms with van der Waals surface area (Å²) in [6, 6.07) is 10.9. The molecule has 2 aromatic carbocycles. The highest BCUT2D eigenvalue weighted by Crippen LogP contribution is 2.23. The van der Waals surface area contributed by atoms with E-state index in [0.717, 1.165) is 15.6 Å². The van der Waals surface area contributed by atoms with Crippen LogP contribution in [-0.2, 0) is 6.42 Å². The summed E-state index contributed by atoms with van der Waals surface area (Å²) in [5.41, 5.74) is 8.75. The average Bonchev–Trinajstić information content (AvgIpc) is 2.32. The number of rotatable bonds is 3. The van der Waals surface area contributed by atoms with E-state index in [9.17, 15) is 4.79 Å². The lowest BCUT2D eigenvalue weighted by Crippen LogP contribution is -2.07. The molecular formula is C15H13BrClNO. The average molecular weight is 339 g/mol. The van der Waals surface area contributed by atoms with Crippen LogP contribution < -0.4 is 5.73 Å². The molecule has 0 heterocycles. The number of anilines is 1. The molecule has 0 unspecified atom stereocenters. The summed E-state index contributed by atoms with van der Waals surface area (Å²) in [6.45, 7) is 1.96. The Kier molecular flexibility index (Phi) is 4.27. The minimum absolute atomic E-state index is 0.0317. The minimum Gasteiger partial charge on any atom is -0.398 e. The van der Waals surface area contributed by atoms with Crippen LogP contribution in [0.2, 0.25) is 5.02 Å². The smallest absolute Gasteiger partial charge is 0.169 e. The maximum Gasteiger partial charge on any atom is 0.169 e. The Morgan fingerprint density at radius 1 is 1.26 bits per heavy atom. The van der Waals surface area contributed by atoms with Gasteiger partial charge in [-0.3, -0.25) is 4.79 Å². The molecule has 0 bridgehead atoms. The first-order chi connectivity index (χ1) is 8.97. The topological polar surface area (TPSA) is 43.1 Å². The summed E-state index contributed by atoms with van der Waals surface area (Å²) in [7, 11) is 0. The van der Waals surface area contributed by atoms with Crippen LogP contribution in [0.3, 0.4) is 0 Å². The van der Waals surface area contributed by atoms with E-state index in [1.54, 1.807) is 18.2 Å². The Morgan fingerprint density at radius 2 is 2.00 bits per heavy atom. The van der Waals surface area contributed by atoms with E-state index in [1.807, 2.05) is 25.1 Å². The number of Topliss-reactive ketones (excluding diaryl/α,β-unsaturated/α-hetero) is 1. The molecule has 0 fully saturated rings. The van der Waals surface area contributed by atoms with Crippen LogP contribution in [0.15, 0.2) is 40.9 Å². The summed E-state index contributed by atoms with van der Waals surface area (Å²) in [5, 5.41) is 0.615. The number of benzene rings is 2. The normalized spacial score (nSPS) is 10.5. The van der Waals surface area contributed by atoms with Gasteiger partial charge < -0.3 is 5.73 Å². The third-order valence-corrected chi connectivity index (χ3v) is 3.72. The molecule has 2 N–H and O–H groups in total. The predicted molar refractivity (Wildman–Crippen MR) is 82.8 cm³/mol. The minimum atomic E-state index is -0.0317. The number of hydrogen-bond donors (Lipinski definition) is 1. The SMILES string of the molecule is Cc1ccc(CC(=O)c2ccc(Br)cc2N)c(Cl)c1. The van der Waals surface area contributed by atoms with Gasteiger partial charge in [0.15, 0.2) is 5.78 Å². The number of hydrogen-bond acceptors (Lipinski definition) is 2. The molecule has 2 rings (SSSR count). The predicted octanol–water partition coefficient (Wildman–Crippen LogP) is 4.42. The van der Waals surface area contributed by atoms with Crippen molar-refractivity contribution in [3.63, 3.8) is 0 Å². The van der Waals surface area contributed by atoms with Gasteiger partial charge in [-0.2, -0.15) is 0 Å². The largest absolute Gasteiger partial charge is 0.398 e. The van der Waals surface area contributed by atoms with Crippen LogP contribution in [0.25, 0.3) is 0 Å². The fourth-order valence-corrected chi connectivity index (χ4v) is 2.53. The van der Waals surface area contributed by atoms with Crippen LogP contribution >= 0.6 is 27.5 Å². The van der Waals surface area contributed by atoms with Crippen molar-refractivity contribution in [1.82, 2.24) is 0 Å². The number of aryl methyl sites for hydroxylation is 1. The monoisotopic (exact) mass is 337 g/mol. The number of carbonyl (C=O) groups excluding carboxylic acids is 1. The molecule has 19 heavy (non-hydrogen) atoms. The maximum atomic E-state index is 12.2. The summed E-state index contributed by atoms with van der Waals surface area (Å²) in [6.07, 6.45) is 0.255. The number of nitrogens with two attached hydrogens (primary N) is 1. The van der Waals surface area contributed by atoms with Crippen molar-refractivity contribution in [2.24, 2.45) is 0 Å². The van der Waals surface area contributed by atoms with Crippen LogP contribution in [0.1, 0.15) is 21.5 Å². The fraction of sp³-hybridized carbons (Fsp3) is 0.133. The van der Waals surface area contributed by atoms with E-state index in [4.69, 9.17) is 17.3 Å². The summed E-state index contributed by atoms with van der Waals surface area (Å²) < 4.78 is 0.856. The van der Waals surface area contributed by atoms with E-state index in [-0.39, 0.29) is 12.2 Å². The lowest BCUT2D eigenvalue weighted by Gasteiger charge is -2.07. The molecule has 0 saturated heterocycles. The number of carbonyl (C=O) groups is 1. The van der Waals surface area contributed by atoms with Crippen LogP contribution in [-0.4, -0.2) is 5.78 Å². The van der Waals surface area contributed by atoms with Crippen LogP contribution in [0.5, 0.6) is 0 Å². The zero-order valence-electron chi connectivity index (χ0n) is 10.4. The highest BCUT2D eigenvalue weighted by atomic mass is 79.9. The van der Waals surface area contributed by atoms with Gasteiger partial charge in [-0.25, -0.2) is 0 Å². The molecular weight excluding hydrogens is 326 g/mol. The summed E-state index contributed by atoms with van der Waals surface area (Å²) in [5.74, 6) is -0.0317. The van der Waals surface area contributed by atoms with Gasteiger partial charge in [-0.1, -0.05) is 39.7 Å². The Labute approximate surface area is 125 Å². The van der Waals surface area contributed by atoms with Crippen molar-refractivity contribution in [2.45, 2.75) is 13.3 Å². The van der Waals surface area contributed by atoms with Gasteiger partial charge in [0.05, 0.1) is 0 Å². The molecule has 0 amide bonds. The Bertz CT molecular complexity index is 640. The Morgan fingerprint density at radius 3 is 2.63 bits per heavy atom. The molecule has 98 valence electrons. The molecule has 0 aromatic heterocycles. The molecule has 2 aromatic rings. The van der Waals surface area contributed by atoms with Crippen molar-refractivity contribution in [2.75, 3.05) is 5.73 Å². The van der Waals surface area contributed by atoms with Gasteiger partial charge in [-0.15, -0.1) is 0 Å². The number of ketones is 1. The molecule has 0 radical (unpaired) electrons. The lowest BCUT2D eigenvalue weighted by atomic mass is 10.0. The van der Waals surface area contributed by atoms with Gasteiger partial charge in [0.25, 0.3) is 0 Å². The van der Waals surface area contributed by atoms with Gasteiger partial charge >= 0.3 is 0 Å². The third-order valence-electron chi connectivity index (χ3n) is 2.87. The summed E-state index contributed by atoms with van der Waals surface area (Å²) in [4.78, 5) is 12.2. The van der Waals surface area contributed by atoms with E-state index in [2.05, 4.69) is 15.9 Å². The Hall–Kier alpha value is -1.32. The highest BCUT2D eigenvalue weighted by Gasteiger charge is 2.12. The molecule has 0 atom stereocenters. The molecule has 0 spiro atoms. The van der Waals surface area contributed by atoms with Gasteiger partial charge in [0.2, 0.25) is 0 Å². The van der Waals surface area contributed by atoms with E-state index in [1.165, 1.54) is 0 Å². The van der Waals surface area contributed by atoms with Gasteiger partial charge in [-0.05, 0) is 42.3 Å². The maximum absolute atomic E-state index is 12.2. The second-order valence-electron chi connectivity index (χ2n) is 4.43. The van der Waals surface area contributed by atoms with Crippen molar-refractivity contribution in [3.8, 4) is 0 Å². The summed E-state index contributed by atoms with van der Waals surface area (Å²) >= 11 is 9.45.